The summed E-state index contributed by atoms with van der Waals surface area (Å²) in [5.74, 6) is 2.62. The summed E-state index contributed by atoms with van der Waals surface area (Å²) < 4.78 is 9.36. The molecule has 66 heavy (non-hydrogen) atoms. The van der Waals surface area contributed by atoms with Crippen molar-refractivity contribution in [1.29, 1.82) is 0 Å². The molecule has 0 amide bonds. The van der Waals surface area contributed by atoms with Gasteiger partial charge in [0.15, 0.2) is 0 Å². The normalized spacial score (nSPS) is 13.1. The van der Waals surface area contributed by atoms with Crippen molar-refractivity contribution >= 4 is 83.4 Å². The van der Waals surface area contributed by atoms with E-state index >= 15 is 0 Å². The highest BCUT2D eigenvalue weighted by atomic mass is 16.5. The highest BCUT2D eigenvalue weighted by Gasteiger charge is 2.32. The quantitative estimate of drug-likeness (QED) is 0.181. The van der Waals surface area contributed by atoms with Crippen molar-refractivity contribution < 1.29 is 4.74 Å². The summed E-state index contributed by atoms with van der Waals surface area (Å²) in [6, 6.07) is 74.4. The van der Waals surface area contributed by atoms with Gasteiger partial charge in [-0.2, -0.15) is 0 Å². The molecular weight excluding hydrogens is 805 g/mol. The molecule has 2 aromatic heterocycles. The van der Waals surface area contributed by atoms with E-state index in [1.54, 1.807) is 0 Å². The molecular formula is C61H44N4O. The Morgan fingerprint density at radius 2 is 1.03 bits per heavy atom. The van der Waals surface area contributed by atoms with Gasteiger partial charge in [-0.3, -0.25) is 4.40 Å². The van der Waals surface area contributed by atoms with Gasteiger partial charge < -0.3 is 19.9 Å². The molecule has 0 aliphatic carbocycles. The second-order valence-electron chi connectivity index (χ2n) is 17.4. The van der Waals surface area contributed by atoms with Crippen molar-refractivity contribution in [2.75, 3.05) is 28.3 Å². The Hall–Kier alpha value is -8.54. The van der Waals surface area contributed by atoms with Gasteiger partial charge in [-0.1, -0.05) is 158 Å². The van der Waals surface area contributed by atoms with Crippen LogP contribution in [0.15, 0.2) is 212 Å². The zero-order valence-corrected chi connectivity index (χ0v) is 36.4. The fourth-order valence-corrected chi connectivity index (χ4v) is 10.6. The van der Waals surface area contributed by atoms with E-state index < -0.39 is 0 Å². The van der Waals surface area contributed by atoms with Gasteiger partial charge in [0.1, 0.15) is 24.0 Å². The monoisotopic (exact) mass is 848 g/mol. The number of aromatic nitrogens is 1. The fourth-order valence-electron chi connectivity index (χ4n) is 10.6. The molecule has 4 heterocycles. The van der Waals surface area contributed by atoms with Gasteiger partial charge >= 0.3 is 0 Å². The topological polar surface area (TPSA) is 32.1 Å². The molecule has 13 rings (SSSR count). The standard InChI is InChI=1S/C61H44N4O/c1-40-35-54(41-17-4-2-5-18-41)59(55(36-40)42-19-6-3-7-20-42)64-39-63(56-30-12-13-31-57(56)64)43-21-14-22-44(37-43)66-45-32-33-50-52-28-15-27-51-48-25-10-8-23-46(48)47-24-9-11-26-49(47)53-29-16-34-62-61(53)65(60(51)52)58(50)38-45/h2-33,35-38,62H,34,39H2,1H3. The van der Waals surface area contributed by atoms with Crippen molar-refractivity contribution in [1.82, 2.24) is 4.40 Å². The maximum Gasteiger partial charge on any atom is 0.129 e. The first-order chi connectivity index (χ1) is 32.7. The van der Waals surface area contributed by atoms with Crippen LogP contribution >= 0.6 is 0 Å². The Kier molecular flexibility index (Phi) is 8.81. The Bertz CT molecular complexity index is 3740. The number of hydrogen-bond acceptors (Lipinski definition) is 4. The van der Waals surface area contributed by atoms with Crippen molar-refractivity contribution in [2.24, 2.45) is 0 Å². The first-order valence-electron chi connectivity index (χ1n) is 22.8. The second-order valence-corrected chi connectivity index (χ2v) is 17.4. The van der Waals surface area contributed by atoms with E-state index in [1.165, 1.54) is 82.3 Å². The molecule has 0 fully saturated rings. The van der Waals surface area contributed by atoms with Crippen LogP contribution < -0.4 is 19.9 Å². The average Bonchev–Trinajstić information content (AvgIpc) is 3.93. The predicted octanol–water partition coefficient (Wildman–Crippen LogP) is 16.2. The molecule has 1 N–H and O–H groups in total. The first-order valence-corrected chi connectivity index (χ1v) is 22.8. The van der Waals surface area contributed by atoms with Crippen LogP contribution in [-0.2, 0) is 0 Å². The van der Waals surface area contributed by atoms with Crippen LogP contribution in [0.3, 0.4) is 0 Å². The highest BCUT2D eigenvalue weighted by molar-refractivity contribution is 6.23. The summed E-state index contributed by atoms with van der Waals surface area (Å²) in [7, 11) is 0. The molecule has 0 radical (unpaired) electrons. The highest BCUT2D eigenvalue weighted by Crippen LogP contribution is 2.51. The molecule has 0 spiro atoms. The molecule has 0 atom stereocenters. The lowest BCUT2D eigenvalue weighted by Crippen LogP contribution is -2.25. The van der Waals surface area contributed by atoms with E-state index in [9.17, 15) is 0 Å². The number of para-hydroxylation sites is 3. The van der Waals surface area contributed by atoms with E-state index in [-0.39, 0.29) is 0 Å². The summed E-state index contributed by atoms with van der Waals surface area (Å²) in [6.45, 7) is 3.57. The maximum absolute atomic E-state index is 6.92. The number of rotatable bonds is 6. The molecule has 2 aliphatic rings. The first kappa shape index (κ1) is 38.0. The number of aryl methyl sites for hydroxylation is 1. The van der Waals surface area contributed by atoms with Crippen molar-refractivity contribution in [2.45, 2.75) is 6.92 Å². The Labute approximate surface area is 383 Å². The lowest BCUT2D eigenvalue weighted by molar-refractivity contribution is 0.483. The number of hydrogen-bond donors (Lipinski definition) is 1. The number of nitrogens with one attached hydrogen (secondary N) is 1. The molecule has 2 aliphatic heterocycles. The average molecular weight is 849 g/mol. The Balaban J connectivity index is 0.944. The smallest absolute Gasteiger partial charge is 0.129 e. The van der Waals surface area contributed by atoms with Crippen LogP contribution in [0.5, 0.6) is 11.5 Å². The Morgan fingerprint density at radius 1 is 0.470 bits per heavy atom. The van der Waals surface area contributed by atoms with Crippen LogP contribution in [0.4, 0.5) is 28.6 Å². The third-order valence-corrected chi connectivity index (χ3v) is 13.4. The third-order valence-electron chi connectivity index (χ3n) is 13.4. The number of nitrogens with zero attached hydrogens (tertiary/aromatic N) is 3. The zero-order valence-electron chi connectivity index (χ0n) is 36.4. The maximum atomic E-state index is 6.92. The van der Waals surface area contributed by atoms with E-state index in [2.05, 4.69) is 245 Å². The number of benzene rings is 9. The molecule has 314 valence electrons. The molecule has 0 saturated heterocycles. The zero-order chi connectivity index (χ0) is 43.7. The van der Waals surface area contributed by atoms with Crippen LogP contribution in [0.2, 0.25) is 0 Å². The molecule has 11 aromatic rings. The third kappa shape index (κ3) is 6.08. The van der Waals surface area contributed by atoms with Crippen LogP contribution in [0, 0.1) is 6.92 Å². The minimum Gasteiger partial charge on any atom is -0.457 e. The van der Waals surface area contributed by atoms with E-state index in [0.29, 0.717) is 6.67 Å². The van der Waals surface area contributed by atoms with Gasteiger partial charge in [0.25, 0.3) is 0 Å². The van der Waals surface area contributed by atoms with Crippen molar-refractivity contribution in [3.05, 3.63) is 223 Å². The SMILES string of the molecule is Cc1cc(-c2ccccc2)c(N2CN(c3cccc(Oc4ccc5c6cccc7c8ccccc8c8ccccc8c8c(n(c5c4)c76)NCC=C8)c3)c3ccccc32)c(-c2ccccc2)c1. The lowest BCUT2D eigenvalue weighted by atomic mass is 9.92. The largest absolute Gasteiger partial charge is 0.457 e. The predicted molar refractivity (Wildman–Crippen MR) is 278 cm³/mol. The molecule has 0 unspecified atom stereocenters. The van der Waals surface area contributed by atoms with Crippen LogP contribution in [-0.4, -0.2) is 17.6 Å². The molecule has 9 aromatic carbocycles. The van der Waals surface area contributed by atoms with Crippen LogP contribution in [0.1, 0.15) is 11.1 Å². The Morgan fingerprint density at radius 3 is 1.74 bits per heavy atom. The molecule has 0 bridgehead atoms. The van der Waals surface area contributed by atoms with Gasteiger partial charge in [0.2, 0.25) is 0 Å². The van der Waals surface area contributed by atoms with Gasteiger partial charge in [-0.25, -0.2) is 0 Å². The lowest BCUT2D eigenvalue weighted by Gasteiger charge is -2.28. The second kappa shape index (κ2) is 15.3. The summed E-state index contributed by atoms with van der Waals surface area (Å²) in [4.78, 5) is 4.89. The summed E-state index contributed by atoms with van der Waals surface area (Å²) in [5.41, 5.74) is 14.0. The minimum absolute atomic E-state index is 0.630. The number of anilines is 5. The fraction of sp³-hybridized carbons (Fsp3) is 0.0492. The van der Waals surface area contributed by atoms with Gasteiger partial charge in [0, 0.05) is 57.2 Å². The molecule has 0 saturated carbocycles. The van der Waals surface area contributed by atoms with Crippen LogP contribution in [0.25, 0.3) is 77.1 Å². The van der Waals surface area contributed by atoms with Gasteiger partial charge in [-0.05, 0) is 93.7 Å². The molecule has 5 heteroatoms. The summed E-state index contributed by atoms with van der Waals surface area (Å²) >= 11 is 0. The van der Waals surface area contributed by atoms with E-state index in [1.807, 2.05) is 0 Å². The summed E-state index contributed by atoms with van der Waals surface area (Å²) in [5, 5.41) is 12.3. The number of ether oxygens (including phenoxy) is 1. The molecule has 5 nitrogen and oxygen atoms in total. The van der Waals surface area contributed by atoms with E-state index in [4.69, 9.17) is 4.74 Å². The summed E-state index contributed by atoms with van der Waals surface area (Å²) in [6.07, 6.45) is 4.51. The van der Waals surface area contributed by atoms with Gasteiger partial charge in [0.05, 0.1) is 28.1 Å². The van der Waals surface area contributed by atoms with Gasteiger partial charge in [-0.15, -0.1) is 0 Å². The van der Waals surface area contributed by atoms with Crippen molar-refractivity contribution in [3.8, 4) is 33.8 Å². The number of fused-ring (bicyclic) bond motifs is 11. The van der Waals surface area contributed by atoms with E-state index in [0.717, 1.165) is 46.4 Å². The van der Waals surface area contributed by atoms with Crippen molar-refractivity contribution in [3.63, 3.8) is 0 Å². The minimum atomic E-state index is 0.630.